The summed E-state index contributed by atoms with van der Waals surface area (Å²) in [5, 5.41) is 11.1. The van der Waals surface area contributed by atoms with Crippen LogP contribution in [0.2, 0.25) is 0 Å². The van der Waals surface area contributed by atoms with E-state index in [0.717, 1.165) is 11.3 Å². The van der Waals surface area contributed by atoms with E-state index in [1.165, 1.54) is 24.3 Å². The Hall–Kier alpha value is -3.20. The number of non-ortho nitro benzene ring substituents is 1. The maximum atomic E-state index is 12.3. The van der Waals surface area contributed by atoms with E-state index in [2.05, 4.69) is 15.0 Å². The molecule has 2 aromatic heterocycles. The number of nitrogens with zero attached hydrogens (tertiary/aromatic N) is 4. The summed E-state index contributed by atoms with van der Waals surface area (Å²) in [6.07, 6.45) is 3.18. The third kappa shape index (κ3) is 3.25. The molecule has 0 bridgehead atoms. The minimum absolute atomic E-state index is 0.0766. The Balaban J connectivity index is 1.80. The molecular weight excluding hydrogens is 332 g/mol. The molecule has 3 rings (SSSR count). The number of carbonyl (C=O) groups is 1. The second kappa shape index (κ2) is 6.50. The van der Waals surface area contributed by atoms with Gasteiger partial charge in [0, 0.05) is 24.5 Å². The Bertz CT molecular complexity index is 894. The second-order valence-corrected chi connectivity index (χ2v) is 5.65. The Kier molecular flexibility index (Phi) is 4.25. The first-order valence-corrected chi connectivity index (χ1v) is 7.57. The van der Waals surface area contributed by atoms with E-state index in [1.54, 1.807) is 25.4 Å². The van der Waals surface area contributed by atoms with Gasteiger partial charge in [0.25, 0.3) is 5.69 Å². The molecule has 0 saturated heterocycles. The number of ether oxygens (including phenoxy) is 1. The number of carbonyl (C=O) groups excluding carboxylic acids is 1. The fraction of sp³-hybridized carbons (Fsp3) is 0.0667. The highest BCUT2D eigenvalue weighted by Gasteiger charge is 2.19. The molecule has 0 saturated carbocycles. The van der Waals surface area contributed by atoms with Crippen molar-refractivity contribution < 1.29 is 14.5 Å². The number of esters is 1. The number of nitro benzene ring substituents is 1. The first-order valence-electron chi connectivity index (χ1n) is 6.76. The molecule has 0 unspecified atom stereocenters. The molecule has 0 aliphatic rings. The van der Waals surface area contributed by atoms with Crippen LogP contribution in [0.15, 0.2) is 42.7 Å². The van der Waals surface area contributed by atoms with Crippen molar-refractivity contribution in [3.63, 3.8) is 0 Å². The second-order valence-electron chi connectivity index (χ2n) is 4.65. The molecule has 0 N–H and O–H groups in total. The number of aromatic nitrogens is 3. The Morgan fingerprint density at radius 2 is 1.88 bits per heavy atom. The van der Waals surface area contributed by atoms with E-state index in [-0.39, 0.29) is 11.4 Å². The van der Waals surface area contributed by atoms with Gasteiger partial charge in [0.2, 0.25) is 0 Å². The van der Waals surface area contributed by atoms with Gasteiger partial charge in [-0.2, -0.15) is 0 Å². The largest absolute Gasteiger partial charge is 0.422 e. The zero-order chi connectivity index (χ0) is 17.1. The van der Waals surface area contributed by atoms with Crippen molar-refractivity contribution in [1.82, 2.24) is 15.0 Å². The smallest absolute Gasteiger partial charge is 0.355 e. The number of aryl methyl sites for hydroxylation is 1. The molecule has 0 aliphatic carbocycles. The molecule has 1 aromatic carbocycles. The molecular formula is C15H10N4O4S. The summed E-state index contributed by atoms with van der Waals surface area (Å²) < 4.78 is 5.23. The lowest BCUT2D eigenvalue weighted by molar-refractivity contribution is -0.384. The number of thiazole rings is 1. The van der Waals surface area contributed by atoms with Crippen LogP contribution in [0.25, 0.3) is 10.8 Å². The van der Waals surface area contributed by atoms with Crippen molar-refractivity contribution in [3.05, 3.63) is 63.4 Å². The fourth-order valence-electron chi connectivity index (χ4n) is 1.88. The third-order valence-corrected chi connectivity index (χ3v) is 4.13. The van der Waals surface area contributed by atoms with Crippen LogP contribution in [0.3, 0.4) is 0 Å². The zero-order valence-electron chi connectivity index (χ0n) is 12.4. The average Bonchev–Trinajstić information content (AvgIpc) is 2.98. The molecule has 3 aromatic rings. The van der Waals surface area contributed by atoms with Gasteiger partial charge >= 0.3 is 5.97 Å². The van der Waals surface area contributed by atoms with Crippen molar-refractivity contribution in [2.75, 3.05) is 0 Å². The Morgan fingerprint density at radius 3 is 2.50 bits per heavy atom. The summed E-state index contributed by atoms with van der Waals surface area (Å²) in [5.41, 5.74) is 0.432. The highest BCUT2D eigenvalue weighted by molar-refractivity contribution is 7.17. The van der Waals surface area contributed by atoms with E-state index in [0.29, 0.717) is 21.4 Å². The van der Waals surface area contributed by atoms with Gasteiger partial charge in [-0.05, 0) is 25.1 Å². The van der Waals surface area contributed by atoms with Crippen LogP contribution in [0.5, 0.6) is 5.75 Å². The summed E-state index contributed by atoms with van der Waals surface area (Å²) in [6.45, 7) is 1.69. The fourth-order valence-corrected chi connectivity index (χ4v) is 2.77. The maximum Gasteiger partial charge on any atom is 0.355 e. The Morgan fingerprint density at radius 1 is 1.21 bits per heavy atom. The molecule has 8 nitrogen and oxygen atoms in total. The molecule has 0 amide bonds. The van der Waals surface area contributed by atoms with Crippen LogP contribution >= 0.6 is 11.3 Å². The predicted octanol–water partition coefficient (Wildman–Crippen LogP) is 3.04. The lowest BCUT2D eigenvalue weighted by Crippen LogP contribution is -2.08. The molecule has 0 aliphatic heterocycles. The molecule has 9 heteroatoms. The van der Waals surface area contributed by atoms with Crippen LogP contribution in [0.1, 0.15) is 15.4 Å². The van der Waals surface area contributed by atoms with Crippen molar-refractivity contribution in [2.24, 2.45) is 0 Å². The minimum Gasteiger partial charge on any atom is -0.422 e. The molecule has 0 radical (unpaired) electrons. The highest BCUT2D eigenvalue weighted by Crippen LogP contribution is 2.27. The van der Waals surface area contributed by atoms with Crippen molar-refractivity contribution >= 4 is 23.0 Å². The zero-order valence-corrected chi connectivity index (χ0v) is 13.2. The van der Waals surface area contributed by atoms with Gasteiger partial charge in [0.15, 0.2) is 10.8 Å². The van der Waals surface area contributed by atoms with Gasteiger partial charge in [-0.25, -0.2) is 19.7 Å². The van der Waals surface area contributed by atoms with Crippen LogP contribution in [0.4, 0.5) is 5.69 Å². The monoisotopic (exact) mass is 342 g/mol. The number of nitro groups is 1. The van der Waals surface area contributed by atoms with Gasteiger partial charge in [-0.1, -0.05) is 0 Å². The third-order valence-electron chi connectivity index (χ3n) is 3.00. The number of benzene rings is 1. The molecule has 0 spiro atoms. The summed E-state index contributed by atoms with van der Waals surface area (Å²) in [4.78, 5) is 35.2. The number of hydrogen-bond donors (Lipinski definition) is 0. The van der Waals surface area contributed by atoms with Gasteiger partial charge in [0.1, 0.15) is 10.6 Å². The molecule has 24 heavy (non-hydrogen) atoms. The van der Waals surface area contributed by atoms with E-state index in [1.807, 2.05) is 0 Å². The van der Waals surface area contributed by atoms with Crippen LogP contribution in [-0.4, -0.2) is 25.8 Å². The van der Waals surface area contributed by atoms with E-state index in [9.17, 15) is 14.9 Å². The van der Waals surface area contributed by atoms with Gasteiger partial charge in [-0.15, -0.1) is 11.3 Å². The number of rotatable bonds is 4. The predicted molar refractivity (Wildman–Crippen MR) is 85.9 cm³/mol. The standard InChI is InChI=1S/C15H10N4O4S/c1-9-12(24-14(18-9)13-16-7-2-8-17-13)15(20)23-11-5-3-10(4-6-11)19(21)22/h2-8H,1H3. The lowest BCUT2D eigenvalue weighted by atomic mass is 10.3. The van der Waals surface area contributed by atoms with Gasteiger partial charge < -0.3 is 4.74 Å². The van der Waals surface area contributed by atoms with Crippen molar-refractivity contribution in [3.8, 4) is 16.6 Å². The summed E-state index contributed by atoms with van der Waals surface area (Å²) in [7, 11) is 0. The first kappa shape index (κ1) is 15.7. The Labute approximate surface area is 140 Å². The molecule has 120 valence electrons. The number of hydrogen-bond acceptors (Lipinski definition) is 8. The van der Waals surface area contributed by atoms with Crippen molar-refractivity contribution in [1.29, 1.82) is 0 Å². The average molecular weight is 342 g/mol. The van der Waals surface area contributed by atoms with Gasteiger partial charge in [0.05, 0.1) is 10.6 Å². The van der Waals surface area contributed by atoms with E-state index < -0.39 is 10.9 Å². The van der Waals surface area contributed by atoms with E-state index >= 15 is 0 Å². The summed E-state index contributed by atoms with van der Waals surface area (Å²) >= 11 is 1.13. The first-order chi connectivity index (χ1) is 11.5. The SMILES string of the molecule is Cc1nc(-c2ncccn2)sc1C(=O)Oc1ccc([N+](=O)[O-])cc1. The lowest BCUT2D eigenvalue weighted by Gasteiger charge is -2.02. The molecule has 0 atom stereocenters. The van der Waals surface area contributed by atoms with Crippen LogP contribution in [0, 0.1) is 17.0 Å². The van der Waals surface area contributed by atoms with Gasteiger partial charge in [-0.3, -0.25) is 10.1 Å². The van der Waals surface area contributed by atoms with Crippen LogP contribution < -0.4 is 4.74 Å². The normalized spacial score (nSPS) is 10.4. The van der Waals surface area contributed by atoms with E-state index in [4.69, 9.17) is 4.74 Å². The maximum absolute atomic E-state index is 12.3. The quantitative estimate of drug-likeness (QED) is 0.310. The molecule has 2 heterocycles. The van der Waals surface area contributed by atoms with Crippen LogP contribution in [-0.2, 0) is 0 Å². The summed E-state index contributed by atoms with van der Waals surface area (Å²) in [6, 6.07) is 6.96. The molecule has 0 fully saturated rings. The van der Waals surface area contributed by atoms with Crippen molar-refractivity contribution in [2.45, 2.75) is 6.92 Å². The topological polar surface area (TPSA) is 108 Å². The summed E-state index contributed by atoms with van der Waals surface area (Å²) in [5.74, 6) is 0.0666. The highest BCUT2D eigenvalue weighted by atomic mass is 32.1. The minimum atomic E-state index is -0.582.